The summed E-state index contributed by atoms with van der Waals surface area (Å²) in [5, 5.41) is 2.43. The van der Waals surface area contributed by atoms with E-state index in [9.17, 15) is 24.0 Å². The third kappa shape index (κ3) is 25.0. The van der Waals surface area contributed by atoms with E-state index in [1.807, 2.05) is 0 Å². The van der Waals surface area contributed by atoms with Crippen LogP contribution >= 0.6 is 0 Å². The molecule has 0 aromatic rings. The molecule has 1 saturated heterocycles. The molecule has 11 nitrogen and oxygen atoms in total. The number of esters is 2. The molecule has 2 atom stereocenters. The van der Waals surface area contributed by atoms with Crippen molar-refractivity contribution in [1.82, 2.24) is 10.2 Å². The van der Waals surface area contributed by atoms with Gasteiger partial charge in [-0.25, -0.2) is 19.2 Å². The number of rotatable bonds is 10. The van der Waals surface area contributed by atoms with E-state index in [-0.39, 0.29) is 64.6 Å². The molecule has 0 bridgehead atoms. The first kappa shape index (κ1) is 47.8. The smallest absolute Gasteiger partial charge is 1.00 e. The Morgan fingerprint density at radius 1 is 0.953 bits per heavy atom. The summed E-state index contributed by atoms with van der Waals surface area (Å²) in [6.07, 6.45) is 5.90. The zero-order valence-electron chi connectivity index (χ0n) is 27.3. The van der Waals surface area contributed by atoms with Crippen molar-refractivity contribution in [3.05, 3.63) is 32.2 Å². The Bertz CT molecular complexity index is 871. The first-order valence-electron chi connectivity index (χ1n) is 13.6. The fourth-order valence-electron chi connectivity index (χ4n) is 3.22. The van der Waals surface area contributed by atoms with E-state index in [4.69, 9.17) is 9.47 Å². The Balaban J connectivity index is -0.000000308. The van der Waals surface area contributed by atoms with Crippen LogP contribution in [0.4, 0.5) is 9.59 Å². The van der Waals surface area contributed by atoms with E-state index in [0.29, 0.717) is 25.8 Å². The third-order valence-corrected chi connectivity index (χ3v) is 5.07. The van der Waals surface area contributed by atoms with Crippen LogP contribution in [0.3, 0.4) is 0 Å². The Morgan fingerprint density at radius 3 is 1.91 bits per heavy atom. The Hall–Kier alpha value is -2.12. The molecule has 0 aromatic carbocycles. The second-order valence-corrected chi connectivity index (χ2v) is 11.1. The van der Waals surface area contributed by atoms with E-state index in [1.165, 1.54) is 19.1 Å². The summed E-state index contributed by atoms with van der Waals surface area (Å²) >= 11 is 0. The van der Waals surface area contributed by atoms with Gasteiger partial charge in [0.05, 0.1) is 14.2 Å². The Morgan fingerprint density at radius 2 is 1.49 bits per heavy atom. The summed E-state index contributed by atoms with van der Waals surface area (Å²) in [6, 6.07) is -1.38. The van der Waals surface area contributed by atoms with Crippen molar-refractivity contribution in [3.63, 3.8) is 0 Å². The predicted octanol–water partition coefficient (Wildman–Crippen LogP) is 1.95. The second kappa shape index (κ2) is 25.2. The van der Waals surface area contributed by atoms with Crippen molar-refractivity contribution >= 4 is 53.0 Å². The van der Waals surface area contributed by atoms with Crippen molar-refractivity contribution in [1.29, 1.82) is 0 Å². The van der Waals surface area contributed by atoms with Gasteiger partial charge in [0, 0.05) is 19.4 Å². The summed E-state index contributed by atoms with van der Waals surface area (Å²) in [5.41, 5.74) is -1.20. The van der Waals surface area contributed by atoms with E-state index in [2.05, 4.69) is 34.9 Å². The number of hydrogen-bond donors (Lipinski definition) is 1. The van der Waals surface area contributed by atoms with Crippen LogP contribution in [0.5, 0.6) is 0 Å². The van der Waals surface area contributed by atoms with Crippen molar-refractivity contribution in [2.24, 2.45) is 0 Å². The largest absolute Gasteiger partial charge is 2.00 e. The monoisotopic (exact) mass is 686 g/mol. The molecule has 1 heterocycles. The molecule has 13 heteroatoms. The number of amides is 2. The normalized spacial score (nSPS) is 14.3. The molecule has 0 radical (unpaired) electrons. The summed E-state index contributed by atoms with van der Waals surface area (Å²) in [7, 11) is 2.56. The number of carbonyl (C=O) groups is 5. The van der Waals surface area contributed by atoms with Crippen molar-refractivity contribution in [2.75, 3.05) is 20.8 Å². The van der Waals surface area contributed by atoms with Gasteiger partial charge in [0.25, 0.3) is 0 Å². The number of alkyl carbamates (subject to hydrolysis) is 1. The van der Waals surface area contributed by atoms with Gasteiger partial charge in [0.15, 0.2) is 0 Å². The van der Waals surface area contributed by atoms with Crippen molar-refractivity contribution in [3.8, 4) is 0 Å². The van der Waals surface area contributed by atoms with Crippen molar-refractivity contribution < 1.29 is 59.9 Å². The van der Waals surface area contributed by atoms with Gasteiger partial charge in [-0.15, -0.1) is 19.2 Å². The quantitative estimate of drug-likeness (QED) is 0.120. The number of hydrogen-bond acceptors (Lipinski definition) is 9. The first-order chi connectivity index (χ1) is 19.0. The molecule has 1 aliphatic heterocycles. The molecule has 0 aromatic heterocycles. The number of Topliss-reactive ketones (excluding diaryl/α,β-unsaturated/α-hetero) is 1. The minimum Gasteiger partial charge on any atom is -1.00 e. The summed E-state index contributed by atoms with van der Waals surface area (Å²) in [6.45, 7) is 21.6. The van der Waals surface area contributed by atoms with Crippen LogP contribution in [-0.2, 0) is 33.3 Å². The summed E-state index contributed by atoms with van der Waals surface area (Å²) in [5.74, 6) is -0.962. The number of nitrogens with zero attached hydrogens (tertiary/aromatic N) is 1. The van der Waals surface area contributed by atoms with Gasteiger partial charge in [-0.2, -0.15) is 6.42 Å². The number of likely N-dealkylation sites (tertiary alicyclic amines) is 1. The second-order valence-electron chi connectivity index (χ2n) is 11.1. The molecule has 0 spiro atoms. The van der Waals surface area contributed by atoms with Crippen LogP contribution in [0.25, 0.3) is 0 Å². The molecule has 0 saturated carbocycles. The molecule has 0 unspecified atom stereocenters. The standard InChI is InChI=1S/C15H25NO5.C11H19NO4.C4H7.BrH.Mg/c1-6-7-8-11(17)9-10-12(13(18)20-5)16-14(19)21-15(2,3)4;1-11(2,3)16-10(14)12-7-5-6-8(12)9(13)15-4;1-3-4-2;;/h6,12H,1,7-10H2,2-5H3,(H,16,19);8H,5-7H2,1-4H3;3H,1-2,4H2;1H;/q;;-1;;+2/p-1/t12-;8-;;;/m00.../s1. The van der Waals surface area contributed by atoms with Crippen LogP contribution in [0.2, 0.25) is 0 Å². The van der Waals surface area contributed by atoms with Gasteiger partial charge in [-0.3, -0.25) is 9.69 Å². The van der Waals surface area contributed by atoms with Crippen LogP contribution in [0, 0.1) is 6.92 Å². The SMILES string of the molecule is C=CCCC(=O)CC[C@H](NC(=O)OC(C)(C)C)C(=O)OC.C=CC[CH2-].COC(=O)[C@@H]1CCCN1C(=O)OC(C)(C)C.[Br-].[Mg+2]. The Labute approximate surface area is 284 Å². The molecular weight excluding hydrogens is 637 g/mol. The van der Waals surface area contributed by atoms with Gasteiger partial charge in [-0.05, 0) is 67.2 Å². The molecule has 1 aliphatic rings. The maximum Gasteiger partial charge on any atom is 2.00 e. The number of methoxy groups -OCH3 is 2. The van der Waals surface area contributed by atoms with E-state index < -0.39 is 41.4 Å². The third-order valence-electron chi connectivity index (χ3n) is 5.07. The van der Waals surface area contributed by atoms with Crippen LogP contribution in [-0.4, -0.2) is 102 Å². The zero-order valence-corrected chi connectivity index (χ0v) is 30.3. The number of ether oxygens (including phenoxy) is 4. The number of carbonyl (C=O) groups excluding carboxylic acids is 5. The van der Waals surface area contributed by atoms with Crippen LogP contribution < -0.4 is 22.3 Å². The van der Waals surface area contributed by atoms with E-state index in [0.717, 1.165) is 12.8 Å². The van der Waals surface area contributed by atoms with Gasteiger partial charge in [0.2, 0.25) is 0 Å². The fraction of sp³-hybridized carbons (Fsp3) is 0.667. The maximum absolute atomic E-state index is 11.8. The topological polar surface area (TPSA) is 138 Å². The number of allylic oxidation sites excluding steroid dienone is 2. The van der Waals surface area contributed by atoms with E-state index >= 15 is 0 Å². The molecule has 244 valence electrons. The summed E-state index contributed by atoms with van der Waals surface area (Å²) < 4.78 is 19.6. The van der Waals surface area contributed by atoms with Gasteiger partial charge >= 0.3 is 47.2 Å². The number of nitrogens with one attached hydrogen (secondary N) is 1. The van der Waals surface area contributed by atoms with Crippen LogP contribution in [0.15, 0.2) is 25.3 Å². The molecular formula is C30H51BrMgN2O9. The molecule has 0 aliphatic carbocycles. The summed E-state index contributed by atoms with van der Waals surface area (Å²) in [4.78, 5) is 59.5. The number of ketones is 1. The van der Waals surface area contributed by atoms with Gasteiger partial charge < -0.3 is 48.2 Å². The number of halogens is 1. The van der Waals surface area contributed by atoms with Crippen molar-refractivity contribution in [2.45, 2.75) is 110 Å². The first-order valence-corrected chi connectivity index (χ1v) is 13.6. The zero-order chi connectivity index (χ0) is 32.2. The average Bonchev–Trinajstić information content (AvgIpc) is 3.37. The molecule has 1 N–H and O–H groups in total. The fourth-order valence-corrected chi connectivity index (χ4v) is 3.22. The average molecular weight is 688 g/mol. The van der Waals surface area contributed by atoms with Crippen LogP contribution in [0.1, 0.15) is 86.5 Å². The minimum absolute atomic E-state index is 0. The molecule has 43 heavy (non-hydrogen) atoms. The molecule has 2 amide bonds. The van der Waals surface area contributed by atoms with Gasteiger partial charge in [0.1, 0.15) is 29.1 Å². The van der Waals surface area contributed by atoms with Gasteiger partial charge in [-0.1, -0.05) is 6.08 Å². The van der Waals surface area contributed by atoms with E-state index in [1.54, 1.807) is 53.7 Å². The minimum atomic E-state index is -0.891. The molecule has 1 fully saturated rings. The predicted molar refractivity (Wildman–Crippen MR) is 163 cm³/mol. The molecule has 1 rings (SSSR count). The Kier molecular flexibility index (Phi) is 28.0. The maximum atomic E-state index is 11.8.